The number of rotatable bonds is 6. The number of amides is 1. The van der Waals surface area contributed by atoms with Crippen molar-refractivity contribution in [2.24, 2.45) is 0 Å². The van der Waals surface area contributed by atoms with Crippen molar-refractivity contribution in [3.05, 3.63) is 99.3 Å². The van der Waals surface area contributed by atoms with Gasteiger partial charge in [-0.1, -0.05) is 59.8 Å². The predicted molar refractivity (Wildman–Crippen MR) is 152 cm³/mol. The quantitative estimate of drug-likeness (QED) is 0.235. The van der Waals surface area contributed by atoms with E-state index in [9.17, 15) is 9.59 Å². The molecule has 7 nitrogen and oxygen atoms in total. The summed E-state index contributed by atoms with van der Waals surface area (Å²) in [4.78, 5) is 31.4. The first kappa shape index (κ1) is 25.6. The number of carbonyl (C=O) groups is 1. The minimum Gasteiger partial charge on any atom is -0.490 e. The fourth-order valence-corrected chi connectivity index (χ4v) is 6.52. The summed E-state index contributed by atoms with van der Waals surface area (Å²) in [5.41, 5.74) is 3.20. The molecular formula is C30H28ClN4O3S+. The van der Waals surface area contributed by atoms with Crippen LogP contribution in [0, 0.1) is 0 Å². The molecule has 2 aliphatic rings. The summed E-state index contributed by atoms with van der Waals surface area (Å²) in [6.45, 7) is 1.54. The van der Waals surface area contributed by atoms with Crippen LogP contribution in [0.15, 0.2) is 82.7 Å². The van der Waals surface area contributed by atoms with Gasteiger partial charge in [0.2, 0.25) is 11.1 Å². The third-order valence-corrected chi connectivity index (χ3v) is 8.46. The van der Waals surface area contributed by atoms with E-state index in [1.807, 2.05) is 72.8 Å². The van der Waals surface area contributed by atoms with Crippen LogP contribution >= 0.6 is 23.4 Å². The molecule has 1 saturated carbocycles. The summed E-state index contributed by atoms with van der Waals surface area (Å²) in [7, 11) is 0. The summed E-state index contributed by atoms with van der Waals surface area (Å²) in [6, 6.07) is 22.8. The second-order valence-electron chi connectivity index (χ2n) is 9.81. The van der Waals surface area contributed by atoms with Gasteiger partial charge in [-0.05, 0) is 72.3 Å². The largest absolute Gasteiger partial charge is 0.490 e. The number of benzene rings is 3. The van der Waals surface area contributed by atoms with Gasteiger partial charge in [-0.3, -0.25) is 14.6 Å². The average molecular weight is 560 g/mol. The monoisotopic (exact) mass is 559 g/mol. The summed E-state index contributed by atoms with van der Waals surface area (Å²) >= 11 is 7.75. The Morgan fingerprint density at radius 3 is 2.67 bits per heavy atom. The molecule has 1 fully saturated rings. The first-order valence-electron chi connectivity index (χ1n) is 13.1. The van der Waals surface area contributed by atoms with Crippen LogP contribution in [0.25, 0.3) is 11.3 Å². The molecule has 1 N–H and O–H groups in total. The van der Waals surface area contributed by atoms with Crippen molar-refractivity contribution in [2.45, 2.75) is 55.8 Å². The fraction of sp³-hybridized carbons (Fsp3) is 0.267. The lowest BCUT2D eigenvalue weighted by Gasteiger charge is -2.31. The smallest absolute Gasteiger partial charge is 0.325 e. The number of hydrogen-bond acceptors (Lipinski definition) is 5. The Labute approximate surface area is 235 Å². The van der Waals surface area contributed by atoms with E-state index >= 15 is 0 Å². The molecule has 3 aromatic carbocycles. The lowest BCUT2D eigenvalue weighted by atomic mass is 10.0. The number of aromatic amines is 1. The lowest BCUT2D eigenvalue weighted by Crippen LogP contribution is -2.60. The van der Waals surface area contributed by atoms with E-state index in [4.69, 9.17) is 21.4 Å². The molecule has 0 saturated heterocycles. The third kappa shape index (κ3) is 5.06. The highest BCUT2D eigenvalue weighted by Crippen LogP contribution is 2.38. The molecule has 9 heteroatoms. The van der Waals surface area contributed by atoms with Crippen molar-refractivity contribution >= 4 is 35.0 Å². The Bertz CT molecular complexity index is 1600. The van der Waals surface area contributed by atoms with Gasteiger partial charge in [0.15, 0.2) is 0 Å². The van der Waals surface area contributed by atoms with Crippen molar-refractivity contribution in [2.75, 3.05) is 4.90 Å². The number of ether oxygens (including phenoxy) is 1. The van der Waals surface area contributed by atoms with Crippen LogP contribution in [0.1, 0.15) is 49.9 Å². The number of fused-ring (bicyclic) bond motifs is 3. The summed E-state index contributed by atoms with van der Waals surface area (Å²) in [6.07, 6.45) is 3.97. The molecule has 6 rings (SSSR count). The Morgan fingerprint density at radius 2 is 1.87 bits per heavy atom. The summed E-state index contributed by atoms with van der Waals surface area (Å²) in [5.74, 6) is 1.13. The zero-order valence-electron chi connectivity index (χ0n) is 21.5. The average Bonchev–Trinajstić information content (AvgIpc) is 3.44. The molecule has 1 aliphatic carbocycles. The van der Waals surface area contributed by atoms with Gasteiger partial charge >= 0.3 is 11.3 Å². The number of nitrogens with zero attached hydrogens (tertiary/aromatic N) is 3. The minimum absolute atomic E-state index is 0.153. The SMILES string of the molecule is CC(=O)N1c2ccccc2-c2c(=O)[nH]c(SCc3ccccc3Cl)n[n+]2[C@H]1c1cccc(OC2CCCC2)c1. The maximum absolute atomic E-state index is 13.6. The van der Waals surface area contributed by atoms with Crippen LogP contribution < -0.4 is 19.9 Å². The summed E-state index contributed by atoms with van der Waals surface area (Å²) in [5, 5.41) is 5.99. The Kier molecular flexibility index (Phi) is 7.14. The molecular weight excluding hydrogens is 532 g/mol. The van der Waals surface area contributed by atoms with Crippen LogP contribution in [-0.4, -0.2) is 22.1 Å². The van der Waals surface area contributed by atoms with Crippen molar-refractivity contribution in [1.29, 1.82) is 0 Å². The number of thioether (sulfide) groups is 1. The highest BCUT2D eigenvalue weighted by atomic mass is 35.5. The van der Waals surface area contributed by atoms with Gasteiger partial charge in [0, 0.05) is 28.4 Å². The first-order valence-corrected chi connectivity index (χ1v) is 14.4. The minimum atomic E-state index is -0.665. The lowest BCUT2D eigenvalue weighted by molar-refractivity contribution is -0.763. The van der Waals surface area contributed by atoms with Crippen LogP contribution in [0.3, 0.4) is 0 Å². The van der Waals surface area contributed by atoms with Gasteiger partial charge in [0.05, 0.1) is 17.4 Å². The van der Waals surface area contributed by atoms with E-state index in [0.29, 0.717) is 32.9 Å². The van der Waals surface area contributed by atoms with E-state index in [-0.39, 0.29) is 17.6 Å². The number of anilines is 1. The number of hydrogen-bond donors (Lipinski definition) is 1. The zero-order valence-corrected chi connectivity index (χ0v) is 23.0. The molecule has 0 spiro atoms. The van der Waals surface area contributed by atoms with Gasteiger partial charge < -0.3 is 4.74 Å². The van der Waals surface area contributed by atoms with Gasteiger partial charge in [-0.15, -0.1) is 0 Å². The molecule has 1 atom stereocenters. The summed E-state index contributed by atoms with van der Waals surface area (Å²) < 4.78 is 7.96. The first-order chi connectivity index (χ1) is 19.0. The van der Waals surface area contributed by atoms with Crippen molar-refractivity contribution in [3.8, 4) is 17.0 Å². The molecule has 0 unspecified atom stereocenters. The second-order valence-corrected chi connectivity index (χ2v) is 11.2. The highest BCUT2D eigenvalue weighted by molar-refractivity contribution is 7.98. The Hall–Kier alpha value is -3.62. The highest BCUT2D eigenvalue weighted by Gasteiger charge is 2.45. The molecule has 39 heavy (non-hydrogen) atoms. The van der Waals surface area contributed by atoms with Gasteiger partial charge in [-0.2, -0.15) is 0 Å². The number of para-hydroxylation sites is 1. The molecule has 1 aromatic heterocycles. The van der Waals surface area contributed by atoms with Gasteiger partial charge in [-0.25, -0.2) is 4.90 Å². The van der Waals surface area contributed by atoms with Crippen molar-refractivity contribution in [1.82, 2.24) is 10.1 Å². The van der Waals surface area contributed by atoms with E-state index < -0.39 is 6.17 Å². The molecule has 198 valence electrons. The van der Waals surface area contributed by atoms with Gasteiger partial charge in [0.25, 0.3) is 6.17 Å². The molecule has 2 heterocycles. The van der Waals surface area contributed by atoms with E-state index in [1.54, 1.807) is 9.58 Å². The van der Waals surface area contributed by atoms with Crippen LogP contribution in [0.5, 0.6) is 5.75 Å². The van der Waals surface area contributed by atoms with E-state index in [2.05, 4.69) is 4.98 Å². The van der Waals surface area contributed by atoms with Crippen LogP contribution in [0.4, 0.5) is 5.69 Å². The maximum atomic E-state index is 13.6. The number of aromatic nitrogens is 3. The third-order valence-electron chi connectivity index (χ3n) is 7.18. The van der Waals surface area contributed by atoms with Crippen molar-refractivity contribution in [3.63, 3.8) is 0 Å². The predicted octanol–water partition coefficient (Wildman–Crippen LogP) is 5.90. The molecule has 4 aromatic rings. The van der Waals surface area contributed by atoms with E-state index in [1.165, 1.54) is 31.5 Å². The van der Waals surface area contributed by atoms with Crippen LogP contribution in [-0.2, 0) is 10.5 Å². The molecule has 0 radical (unpaired) electrons. The fourth-order valence-electron chi connectivity index (χ4n) is 5.39. The Morgan fingerprint density at radius 1 is 1.10 bits per heavy atom. The number of carbonyl (C=O) groups excluding carboxylic acids is 1. The standard InChI is InChI=1S/C30H27ClN4O3S/c1-19(36)34-26-16-7-5-14-24(26)27-28(37)32-30(39-18-21-9-2-6-15-25(21)31)33-35(27)29(34)20-10-8-13-23(17-20)38-22-11-3-4-12-22/h2,5-10,13-17,22,29H,3-4,11-12,18H2,1H3/p+1/t29-/m0/s1. The van der Waals surface area contributed by atoms with E-state index in [0.717, 1.165) is 29.7 Å². The zero-order chi connectivity index (χ0) is 26.9. The van der Waals surface area contributed by atoms with Crippen LogP contribution in [0.2, 0.25) is 5.02 Å². The maximum Gasteiger partial charge on any atom is 0.325 e. The molecule has 1 aliphatic heterocycles. The normalized spacial score (nSPS) is 16.6. The number of nitrogens with one attached hydrogen (secondary N) is 1. The topological polar surface area (TPSA) is 79.2 Å². The number of halogens is 1. The second kappa shape index (κ2) is 10.9. The Balaban J connectivity index is 1.46. The molecule has 1 amide bonds. The van der Waals surface area contributed by atoms with Crippen molar-refractivity contribution < 1.29 is 14.2 Å². The number of H-pyrrole nitrogens is 1. The van der Waals surface area contributed by atoms with Gasteiger partial charge in [0.1, 0.15) is 5.75 Å². The molecule has 0 bridgehead atoms.